The standard InChI is InChI=1S/2C15H14N2O2S/c2*1-2-13(18)12-8-20-15(17-12)14(19)10-7-16-11-6-4-3-5-9(10)11/h2*3-8,13,16,18H,2H2,1H3/t2*13-/m10/s1. The fourth-order valence-electron chi connectivity index (χ4n) is 4.25. The molecule has 204 valence electrons. The predicted octanol–water partition coefficient (Wildman–Crippen LogP) is 6.60. The molecule has 6 aromatic rings. The van der Waals surface area contributed by atoms with Crippen LogP contribution in [-0.4, -0.2) is 41.7 Å². The number of hydrogen-bond donors (Lipinski definition) is 4. The number of aromatic amines is 2. The van der Waals surface area contributed by atoms with E-state index in [0.29, 0.717) is 45.4 Å². The van der Waals surface area contributed by atoms with Crippen LogP contribution in [0.1, 0.15) is 81.0 Å². The van der Waals surface area contributed by atoms with Gasteiger partial charge in [0.25, 0.3) is 0 Å². The molecule has 0 aliphatic carbocycles. The molecule has 0 bridgehead atoms. The average Bonchev–Trinajstić information content (AvgIpc) is 3.81. The maximum absolute atomic E-state index is 12.5. The number of fused-ring (bicyclic) bond motifs is 2. The minimum absolute atomic E-state index is 0.109. The van der Waals surface area contributed by atoms with Gasteiger partial charge in [0, 0.05) is 45.0 Å². The van der Waals surface area contributed by atoms with Crippen molar-refractivity contribution in [2.45, 2.75) is 38.9 Å². The monoisotopic (exact) mass is 572 g/mol. The number of carbonyl (C=O) groups is 2. The molecule has 40 heavy (non-hydrogen) atoms. The first-order valence-electron chi connectivity index (χ1n) is 12.9. The van der Waals surface area contributed by atoms with Crippen LogP contribution in [-0.2, 0) is 0 Å². The molecule has 0 spiro atoms. The van der Waals surface area contributed by atoms with Gasteiger partial charge in [-0.05, 0) is 25.0 Å². The van der Waals surface area contributed by atoms with E-state index in [1.165, 1.54) is 22.7 Å². The van der Waals surface area contributed by atoms with Crippen LogP contribution in [0.3, 0.4) is 0 Å². The molecule has 0 aliphatic heterocycles. The minimum Gasteiger partial charge on any atom is -0.387 e. The van der Waals surface area contributed by atoms with Gasteiger partial charge in [0.2, 0.25) is 11.6 Å². The number of aromatic nitrogens is 4. The van der Waals surface area contributed by atoms with Gasteiger partial charge in [-0.2, -0.15) is 0 Å². The molecule has 0 radical (unpaired) electrons. The molecular weight excluding hydrogens is 544 g/mol. The Morgan fingerprint density at radius 3 is 1.52 bits per heavy atom. The number of ketones is 2. The van der Waals surface area contributed by atoms with E-state index in [1.807, 2.05) is 62.4 Å². The quantitative estimate of drug-likeness (QED) is 0.152. The van der Waals surface area contributed by atoms with Gasteiger partial charge < -0.3 is 20.2 Å². The lowest BCUT2D eigenvalue weighted by molar-refractivity contribution is 0.103. The topological polar surface area (TPSA) is 132 Å². The molecule has 8 nitrogen and oxygen atoms in total. The van der Waals surface area contributed by atoms with Crippen LogP contribution < -0.4 is 0 Å². The number of hydrogen-bond acceptors (Lipinski definition) is 8. The molecule has 4 aromatic heterocycles. The third kappa shape index (κ3) is 5.52. The van der Waals surface area contributed by atoms with Crippen molar-refractivity contribution in [2.24, 2.45) is 0 Å². The van der Waals surface area contributed by atoms with E-state index in [-0.39, 0.29) is 11.6 Å². The lowest BCUT2D eigenvalue weighted by Crippen LogP contribution is -2.02. The summed E-state index contributed by atoms with van der Waals surface area (Å²) in [7, 11) is 0. The zero-order valence-corrected chi connectivity index (χ0v) is 23.6. The third-order valence-electron chi connectivity index (χ3n) is 6.56. The molecule has 0 amide bonds. The van der Waals surface area contributed by atoms with Crippen molar-refractivity contribution in [3.8, 4) is 0 Å². The van der Waals surface area contributed by atoms with Crippen molar-refractivity contribution >= 4 is 56.0 Å². The van der Waals surface area contributed by atoms with Crippen molar-refractivity contribution in [3.05, 3.63) is 104 Å². The van der Waals surface area contributed by atoms with E-state index in [0.717, 1.165) is 21.8 Å². The Hall–Kier alpha value is -3.96. The molecule has 4 N–H and O–H groups in total. The van der Waals surface area contributed by atoms with Crippen LogP contribution in [0.4, 0.5) is 0 Å². The highest BCUT2D eigenvalue weighted by molar-refractivity contribution is 7.12. The van der Waals surface area contributed by atoms with E-state index in [9.17, 15) is 19.8 Å². The summed E-state index contributed by atoms with van der Waals surface area (Å²) in [6.45, 7) is 3.76. The Bertz CT molecular complexity index is 1650. The van der Waals surface area contributed by atoms with Crippen molar-refractivity contribution in [1.29, 1.82) is 0 Å². The summed E-state index contributed by atoms with van der Waals surface area (Å²) in [5.74, 6) is -0.219. The highest BCUT2D eigenvalue weighted by Gasteiger charge is 2.20. The fourth-order valence-corrected chi connectivity index (χ4v) is 5.89. The third-order valence-corrected chi connectivity index (χ3v) is 8.27. The number of aliphatic hydroxyl groups is 2. The highest BCUT2D eigenvalue weighted by atomic mass is 32.1. The number of para-hydroxylation sites is 2. The maximum Gasteiger partial charge on any atom is 0.223 e. The Labute approximate surface area is 238 Å². The van der Waals surface area contributed by atoms with Gasteiger partial charge in [0.1, 0.15) is 0 Å². The number of thiazole rings is 2. The predicted molar refractivity (Wildman–Crippen MR) is 158 cm³/mol. The van der Waals surface area contributed by atoms with Gasteiger partial charge >= 0.3 is 0 Å². The van der Waals surface area contributed by atoms with Crippen molar-refractivity contribution in [3.63, 3.8) is 0 Å². The molecule has 0 saturated heterocycles. The van der Waals surface area contributed by atoms with Crippen LogP contribution >= 0.6 is 22.7 Å². The van der Waals surface area contributed by atoms with Crippen LogP contribution in [0, 0.1) is 0 Å². The van der Waals surface area contributed by atoms with E-state index in [1.54, 1.807) is 23.2 Å². The van der Waals surface area contributed by atoms with Gasteiger partial charge in [-0.15, -0.1) is 22.7 Å². The van der Waals surface area contributed by atoms with Crippen molar-refractivity contribution < 1.29 is 19.8 Å². The summed E-state index contributed by atoms with van der Waals surface area (Å²) in [4.78, 5) is 39.7. The second kappa shape index (κ2) is 12.1. The second-order valence-electron chi connectivity index (χ2n) is 9.16. The molecule has 6 rings (SSSR count). The van der Waals surface area contributed by atoms with E-state index < -0.39 is 12.2 Å². The Morgan fingerprint density at radius 2 is 1.12 bits per heavy atom. The van der Waals surface area contributed by atoms with Crippen LogP contribution in [0.5, 0.6) is 0 Å². The zero-order chi connectivity index (χ0) is 28.2. The molecule has 0 unspecified atom stereocenters. The number of benzene rings is 2. The number of carbonyl (C=O) groups excluding carboxylic acids is 2. The first-order valence-corrected chi connectivity index (χ1v) is 14.7. The van der Waals surface area contributed by atoms with Crippen LogP contribution in [0.25, 0.3) is 21.8 Å². The van der Waals surface area contributed by atoms with Crippen molar-refractivity contribution in [2.75, 3.05) is 0 Å². The summed E-state index contributed by atoms with van der Waals surface area (Å²) in [5.41, 5.74) is 4.24. The van der Waals surface area contributed by atoms with E-state index in [4.69, 9.17) is 0 Å². The van der Waals surface area contributed by atoms with Crippen LogP contribution in [0.15, 0.2) is 71.7 Å². The van der Waals surface area contributed by atoms with E-state index >= 15 is 0 Å². The molecule has 2 atom stereocenters. The molecular formula is C30H28N4O4S2. The molecule has 10 heteroatoms. The number of nitrogens with zero attached hydrogens (tertiary/aromatic N) is 2. The van der Waals surface area contributed by atoms with Crippen LogP contribution in [0.2, 0.25) is 0 Å². The normalized spacial score (nSPS) is 12.7. The largest absolute Gasteiger partial charge is 0.387 e. The van der Waals surface area contributed by atoms with Gasteiger partial charge in [0.15, 0.2) is 10.0 Å². The summed E-state index contributed by atoms with van der Waals surface area (Å²) in [6.07, 6.45) is 3.40. The molecule has 0 aliphatic rings. The average molecular weight is 573 g/mol. The summed E-state index contributed by atoms with van der Waals surface area (Å²) in [5, 5.41) is 25.6. The lowest BCUT2D eigenvalue weighted by atomic mass is 10.1. The molecule has 0 fully saturated rings. The number of nitrogens with one attached hydrogen (secondary N) is 2. The first-order chi connectivity index (χ1) is 19.4. The van der Waals surface area contributed by atoms with E-state index in [2.05, 4.69) is 19.9 Å². The maximum atomic E-state index is 12.5. The minimum atomic E-state index is -0.601. The fraction of sp³-hybridized carbons (Fsp3) is 0.200. The van der Waals surface area contributed by atoms with Crippen molar-refractivity contribution in [1.82, 2.24) is 19.9 Å². The SMILES string of the molecule is CC[C@@H](O)c1csc(C(=O)c2c[nH]c3ccccc23)n1.CC[C@H](O)c1csc(C(=O)c2c[nH]c3ccccc23)n1. The Kier molecular flexibility index (Phi) is 8.32. The summed E-state index contributed by atoms with van der Waals surface area (Å²) >= 11 is 2.55. The zero-order valence-electron chi connectivity index (χ0n) is 21.9. The second-order valence-corrected chi connectivity index (χ2v) is 10.9. The smallest absolute Gasteiger partial charge is 0.223 e. The molecule has 4 heterocycles. The van der Waals surface area contributed by atoms with Gasteiger partial charge in [-0.1, -0.05) is 50.2 Å². The Morgan fingerprint density at radius 1 is 0.725 bits per heavy atom. The van der Waals surface area contributed by atoms with Gasteiger partial charge in [-0.3, -0.25) is 9.59 Å². The highest BCUT2D eigenvalue weighted by Crippen LogP contribution is 2.26. The molecule has 0 saturated carbocycles. The molecule has 2 aromatic carbocycles. The van der Waals surface area contributed by atoms with Gasteiger partial charge in [0.05, 0.1) is 34.7 Å². The summed E-state index contributed by atoms with van der Waals surface area (Å²) in [6, 6.07) is 15.3. The lowest BCUT2D eigenvalue weighted by Gasteiger charge is -2.01. The summed E-state index contributed by atoms with van der Waals surface area (Å²) < 4.78 is 0. The number of H-pyrrole nitrogens is 2. The number of rotatable bonds is 8. The Balaban J connectivity index is 0.000000161. The first kappa shape index (κ1) is 27.6. The van der Waals surface area contributed by atoms with Gasteiger partial charge in [-0.25, -0.2) is 9.97 Å². The number of aliphatic hydroxyl groups excluding tert-OH is 2.